The first kappa shape index (κ1) is 29.7. The summed E-state index contributed by atoms with van der Waals surface area (Å²) in [6.45, 7) is 7.13. The van der Waals surface area contributed by atoms with Gasteiger partial charge in [-0.05, 0) is 49.7 Å². The van der Waals surface area contributed by atoms with E-state index in [1.165, 1.54) is 0 Å². The third-order valence-electron chi connectivity index (χ3n) is 7.66. The van der Waals surface area contributed by atoms with Crippen molar-refractivity contribution in [1.82, 2.24) is 10.2 Å². The monoisotopic (exact) mass is 547 g/mol. The number of aliphatic hydroxyl groups excluding tert-OH is 2. The number of ether oxygens (including phenoxy) is 2. The van der Waals surface area contributed by atoms with Gasteiger partial charge in [0.25, 0.3) is 0 Å². The molecule has 0 saturated carbocycles. The molecule has 1 aliphatic rings. The van der Waals surface area contributed by atoms with Crippen LogP contribution in [0, 0.1) is 5.92 Å². The normalized spacial score (nSPS) is 22.5. The van der Waals surface area contributed by atoms with Crippen LogP contribution in [-0.2, 0) is 16.1 Å². The van der Waals surface area contributed by atoms with E-state index in [9.17, 15) is 15.0 Å². The lowest BCUT2D eigenvalue weighted by Crippen LogP contribution is -2.46. The first-order valence-electron chi connectivity index (χ1n) is 13.9. The molecule has 40 heavy (non-hydrogen) atoms. The minimum absolute atomic E-state index is 0.0124. The summed E-state index contributed by atoms with van der Waals surface area (Å²) < 4.78 is 13.1. The second-order valence-electron chi connectivity index (χ2n) is 10.5. The Morgan fingerprint density at radius 3 is 2.25 bits per heavy atom. The second-order valence-corrected chi connectivity index (χ2v) is 10.5. The number of hydrogen-bond acceptors (Lipinski definition) is 6. The first-order chi connectivity index (χ1) is 19.3. The van der Waals surface area contributed by atoms with Crippen LogP contribution in [0.1, 0.15) is 61.5 Å². The quantitative estimate of drug-likeness (QED) is 0.279. The molecule has 1 heterocycles. The maximum atomic E-state index is 11.9. The van der Waals surface area contributed by atoms with Crippen molar-refractivity contribution in [3.8, 4) is 0 Å². The number of anilines is 1. The fraction of sp³-hybridized carbons (Fsp3) is 0.406. The van der Waals surface area contributed by atoms with Gasteiger partial charge in [-0.1, -0.05) is 73.7 Å². The number of carbonyl (C=O) groups excluding carboxylic acids is 1. The van der Waals surface area contributed by atoms with Crippen molar-refractivity contribution in [3.63, 3.8) is 0 Å². The van der Waals surface area contributed by atoms with E-state index in [0.717, 1.165) is 22.3 Å². The van der Waals surface area contributed by atoms with Crippen molar-refractivity contribution in [2.24, 2.45) is 5.92 Å². The minimum atomic E-state index is -0.635. The van der Waals surface area contributed by atoms with Crippen LogP contribution >= 0.6 is 0 Å². The van der Waals surface area contributed by atoms with Crippen LogP contribution in [0.2, 0.25) is 0 Å². The molecule has 0 radical (unpaired) electrons. The molecule has 3 aromatic carbocycles. The Hall–Kier alpha value is -3.27. The van der Waals surface area contributed by atoms with Crippen molar-refractivity contribution < 1.29 is 24.5 Å². The molecule has 3 aromatic rings. The number of carbonyl (C=O) groups is 1. The number of urea groups is 1. The Morgan fingerprint density at radius 1 is 0.975 bits per heavy atom. The van der Waals surface area contributed by atoms with Crippen molar-refractivity contribution in [2.45, 2.75) is 58.0 Å². The van der Waals surface area contributed by atoms with Crippen molar-refractivity contribution in [2.75, 3.05) is 25.5 Å². The lowest BCUT2D eigenvalue weighted by Gasteiger charge is -2.43. The van der Waals surface area contributed by atoms with Gasteiger partial charge < -0.3 is 30.3 Å². The molecule has 1 saturated heterocycles. The molecule has 0 unspecified atom stereocenters. The molecule has 1 fully saturated rings. The Kier molecular flexibility index (Phi) is 10.3. The lowest BCUT2D eigenvalue weighted by molar-refractivity contribution is -0.276. The third-order valence-corrected chi connectivity index (χ3v) is 7.66. The highest BCUT2D eigenvalue weighted by molar-refractivity contribution is 5.89. The molecule has 4 rings (SSSR count). The highest BCUT2D eigenvalue weighted by Gasteiger charge is 2.39. The van der Waals surface area contributed by atoms with Crippen LogP contribution in [0.15, 0.2) is 78.9 Å². The largest absolute Gasteiger partial charge is 0.392 e. The first-order valence-corrected chi connectivity index (χ1v) is 13.9. The number of benzene rings is 3. The molecule has 4 N–H and O–H groups in total. The SMILES string of the molecule is CCNC(=O)Nc1ccc([C@@H]2O[C@H](CN(C)[C@H](C)[C@@H](O)c3ccccc3)[C@H](C)[C@H](c3ccc(CO)cc3)O2)cc1. The zero-order valence-electron chi connectivity index (χ0n) is 23.7. The zero-order valence-corrected chi connectivity index (χ0v) is 23.7. The molecule has 0 spiro atoms. The van der Waals surface area contributed by atoms with Crippen LogP contribution in [0.25, 0.3) is 0 Å². The maximum Gasteiger partial charge on any atom is 0.319 e. The van der Waals surface area contributed by atoms with Gasteiger partial charge in [-0.15, -0.1) is 0 Å². The van der Waals surface area contributed by atoms with Crippen molar-refractivity contribution in [1.29, 1.82) is 0 Å². The van der Waals surface area contributed by atoms with E-state index in [1.54, 1.807) is 0 Å². The number of hydrogen-bond donors (Lipinski definition) is 4. The summed E-state index contributed by atoms with van der Waals surface area (Å²) in [6, 6.07) is 24.6. The zero-order chi connectivity index (χ0) is 28.6. The van der Waals surface area contributed by atoms with Gasteiger partial charge >= 0.3 is 6.03 Å². The Bertz CT molecular complexity index is 1210. The predicted octanol–water partition coefficient (Wildman–Crippen LogP) is 5.17. The van der Waals surface area contributed by atoms with Gasteiger partial charge in [0.2, 0.25) is 0 Å². The standard InChI is InChI=1S/C32H41N3O5/c1-5-33-32(38)34-27-17-15-26(16-18-27)31-39-28(19-35(4)22(3)29(37)24-9-7-6-8-10-24)21(2)30(40-31)25-13-11-23(20-36)12-14-25/h6-18,21-22,28-31,36-37H,5,19-20H2,1-4H3,(H2,33,34,38)/t21-,22+,28+,29+,30+,31+/m0/s1. The average Bonchev–Trinajstić information content (AvgIpc) is 2.98. The molecule has 214 valence electrons. The predicted molar refractivity (Wildman–Crippen MR) is 156 cm³/mol. The Morgan fingerprint density at radius 2 is 1.62 bits per heavy atom. The van der Waals surface area contributed by atoms with E-state index >= 15 is 0 Å². The van der Waals surface area contributed by atoms with Crippen molar-refractivity contribution >= 4 is 11.7 Å². The van der Waals surface area contributed by atoms with Crippen LogP contribution in [0.3, 0.4) is 0 Å². The fourth-order valence-corrected chi connectivity index (χ4v) is 5.01. The minimum Gasteiger partial charge on any atom is -0.392 e. The lowest BCUT2D eigenvalue weighted by atomic mass is 9.89. The molecular formula is C32H41N3O5. The summed E-state index contributed by atoms with van der Waals surface area (Å²) in [4.78, 5) is 14.0. The number of nitrogens with zero attached hydrogens (tertiary/aromatic N) is 1. The Labute approximate surface area is 236 Å². The van der Waals surface area contributed by atoms with E-state index in [2.05, 4.69) is 22.5 Å². The molecule has 2 amide bonds. The summed E-state index contributed by atoms with van der Waals surface area (Å²) in [7, 11) is 2.00. The van der Waals surface area contributed by atoms with Crippen molar-refractivity contribution in [3.05, 3.63) is 101 Å². The molecule has 8 nitrogen and oxygen atoms in total. The molecule has 0 bridgehead atoms. The number of aliphatic hydroxyl groups is 2. The highest BCUT2D eigenvalue weighted by Crippen LogP contribution is 2.42. The van der Waals surface area contributed by atoms with Gasteiger partial charge in [-0.25, -0.2) is 4.79 Å². The summed E-state index contributed by atoms with van der Waals surface area (Å²) in [5.74, 6) is 0.0124. The number of amides is 2. The van der Waals surface area contributed by atoms with E-state index in [1.807, 2.05) is 99.8 Å². The number of rotatable bonds is 10. The summed E-state index contributed by atoms with van der Waals surface area (Å²) in [5.41, 5.74) is 4.25. The second kappa shape index (κ2) is 13.9. The van der Waals surface area contributed by atoms with Crippen LogP contribution in [-0.4, -0.2) is 53.4 Å². The van der Waals surface area contributed by atoms with Crippen LogP contribution < -0.4 is 10.6 Å². The fourth-order valence-electron chi connectivity index (χ4n) is 5.01. The number of nitrogens with one attached hydrogen (secondary N) is 2. The molecule has 8 heteroatoms. The van der Waals surface area contributed by atoms with E-state index in [4.69, 9.17) is 9.47 Å². The van der Waals surface area contributed by atoms with Gasteiger partial charge in [-0.2, -0.15) is 0 Å². The topological polar surface area (TPSA) is 103 Å². The van der Waals surface area contributed by atoms with Gasteiger partial charge in [-0.3, -0.25) is 4.90 Å². The molecular weight excluding hydrogens is 506 g/mol. The maximum absolute atomic E-state index is 11.9. The summed E-state index contributed by atoms with van der Waals surface area (Å²) in [5, 5.41) is 26.1. The average molecular weight is 548 g/mol. The number of likely N-dealkylation sites (N-methyl/N-ethyl adjacent to an activating group) is 1. The van der Waals surface area contributed by atoms with Gasteiger partial charge in [0.05, 0.1) is 24.9 Å². The van der Waals surface area contributed by atoms with E-state index in [0.29, 0.717) is 18.8 Å². The van der Waals surface area contributed by atoms with Gasteiger partial charge in [0.1, 0.15) is 0 Å². The highest BCUT2D eigenvalue weighted by atomic mass is 16.7. The third kappa shape index (κ3) is 7.27. The smallest absolute Gasteiger partial charge is 0.319 e. The molecule has 6 atom stereocenters. The Balaban J connectivity index is 1.55. The molecule has 0 aromatic heterocycles. The van der Waals surface area contributed by atoms with Crippen LogP contribution in [0.5, 0.6) is 0 Å². The van der Waals surface area contributed by atoms with E-state index in [-0.39, 0.29) is 36.8 Å². The van der Waals surface area contributed by atoms with Gasteiger partial charge in [0.15, 0.2) is 6.29 Å². The molecule has 0 aliphatic carbocycles. The van der Waals surface area contributed by atoms with Crippen LogP contribution in [0.4, 0.5) is 10.5 Å². The molecule has 1 aliphatic heterocycles. The summed E-state index contributed by atoms with van der Waals surface area (Å²) in [6.07, 6.45) is -1.69. The summed E-state index contributed by atoms with van der Waals surface area (Å²) >= 11 is 0. The van der Waals surface area contributed by atoms with Gasteiger partial charge in [0, 0.05) is 36.3 Å². The van der Waals surface area contributed by atoms with E-state index < -0.39 is 12.4 Å².